The Morgan fingerprint density at radius 1 is 1.16 bits per heavy atom. The summed E-state index contributed by atoms with van der Waals surface area (Å²) in [4.78, 5) is 26.5. The topological polar surface area (TPSA) is 59.1 Å². The van der Waals surface area contributed by atoms with Crippen molar-refractivity contribution in [1.82, 2.24) is 4.90 Å². The Morgan fingerprint density at radius 3 is 2.24 bits per heavy atom. The summed E-state index contributed by atoms with van der Waals surface area (Å²) in [6.07, 6.45) is 0. The van der Waals surface area contributed by atoms with Gasteiger partial charge in [0.2, 0.25) is 5.91 Å². The van der Waals surface area contributed by atoms with Crippen LogP contribution in [0.5, 0.6) is 0 Å². The molecule has 0 aromatic heterocycles. The zero-order valence-electron chi connectivity index (χ0n) is 15.1. The lowest BCUT2D eigenvalue weighted by Crippen LogP contribution is -2.41. The third-order valence-corrected chi connectivity index (χ3v) is 5.48. The van der Waals surface area contributed by atoms with Crippen molar-refractivity contribution in [2.45, 2.75) is 45.8 Å². The van der Waals surface area contributed by atoms with E-state index >= 15 is 0 Å². The average Bonchev–Trinajstić information content (AvgIpc) is 2.96. The first-order valence-electron chi connectivity index (χ1n) is 8.28. The number of hydrogen-bond donors (Lipinski definition) is 0. The molecule has 0 bridgehead atoms. The summed E-state index contributed by atoms with van der Waals surface area (Å²) in [5.74, 6) is -0.266. The summed E-state index contributed by atoms with van der Waals surface area (Å²) in [5, 5.41) is 0.422. The van der Waals surface area contributed by atoms with Gasteiger partial charge in [-0.3, -0.25) is 14.6 Å². The number of imide groups is 1. The second-order valence-corrected chi connectivity index (χ2v) is 7.81. The first-order valence-corrected chi connectivity index (χ1v) is 8.66. The van der Waals surface area contributed by atoms with Gasteiger partial charge in [-0.2, -0.15) is 0 Å². The van der Waals surface area contributed by atoms with Crippen molar-refractivity contribution in [3.05, 3.63) is 23.2 Å². The van der Waals surface area contributed by atoms with E-state index < -0.39 is 18.3 Å². The number of anilines is 1. The van der Waals surface area contributed by atoms with Gasteiger partial charge in [-0.05, 0) is 45.3 Å². The molecular formula is C17H22BClN2O4. The molecule has 8 heteroatoms. The van der Waals surface area contributed by atoms with Crippen molar-refractivity contribution >= 4 is 41.8 Å². The second-order valence-electron chi connectivity index (χ2n) is 7.40. The van der Waals surface area contributed by atoms with Gasteiger partial charge >= 0.3 is 13.1 Å². The van der Waals surface area contributed by atoms with Gasteiger partial charge in [0.05, 0.1) is 21.9 Å². The molecule has 0 saturated carbocycles. The van der Waals surface area contributed by atoms with E-state index in [0.717, 1.165) is 5.46 Å². The first-order chi connectivity index (χ1) is 11.5. The van der Waals surface area contributed by atoms with Gasteiger partial charge in [0.1, 0.15) is 0 Å². The van der Waals surface area contributed by atoms with Crippen molar-refractivity contribution in [1.29, 1.82) is 0 Å². The number of carbonyl (C=O) groups is 2. The van der Waals surface area contributed by atoms with Gasteiger partial charge in [0.15, 0.2) is 0 Å². The number of halogens is 1. The number of hydrogen-bond acceptors (Lipinski definition) is 4. The molecular weight excluding hydrogens is 342 g/mol. The highest BCUT2D eigenvalue weighted by molar-refractivity contribution is 6.62. The fourth-order valence-corrected chi connectivity index (χ4v) is 3.21. The van der Waals surface area contributed by atoms with Gasteiger partial charge in [0, 0.05) is 20.0 Å². The molecule has 0 aliphatic carbocycles. The molecule has 3 amide bonds. The minimum absolute atomic E-state index is 0.266. The van der Waals surface area contributed by atoms with Crippen molar-refractivity contribution in [3.8, 4) is 0 Å². The Balaban J connectivity index is 1.83. The van der Waals surface area contributed by atoms with E-state index in [1.54, 1.807) is 12.1 Å². The van der Waals surface area contributed by atoms with E-state index in [9.17, 15) is 9.59 Å². The fourth-order valence-electron chi connectivity index (χ4n) is 2.92. The number of urea groups is 1. The van der Waals surface area contributed by atoms with E-state index in [4.69, 9.17) is 20.9 Å². The predicted molar refractivity (Wildman–Crippen MR) is 97.3 cm³/mol. The zero-order chi connectivity index (χ0) is 18.6. The number of amides is 3. The number of benzene rings is 1. The Labute approximate surface area is 153 Å². The van der Waals surface area contributed by atoms with Gasteiger partial charge in [0.25, 0.3) is 0 Å². The molecule has 0 N–H and O–H groups in total. The predicted octanol–water partition coefficient (Wildman–Crippen LogP) is 2.43. The van der Waals surface area contributed by atoms with Gasteiger partial charge < -0.3 is 9.31 Å². The summed E-state index contributed by atoms with van der Waals surface area (Å²) in [7, 11) is -0.514. The van der Waals surface area contributed by atoms with Crippen molar-refractivity contribution in [2.24, 2.45) is 0 Å². The van der Waals surface area contributed by atoms with Crippen LogP contribution in [-0.4, -0.2) is 48.2 Å². The number of rotatable bonds is 2. The molecule has 2 aliphatic heterocycles. The van der Waals surface area contributed by atoms with Crippen LogP contribution >= 0.6 is 11.6 Å². The third-order valence-electron chi connectivity index (χ3n) is 5.18. The number of nitrogens with zero attached hydrogens (tertiary/aromatic N) is 2. The van der Waals surface area contributed by atoms with Gasteiger partial charge in [-0.25, -0.2) is 4.79 Å². The molecule has 3 rings (SSSR count). The fraction of sp³-hybridized carbons (Fsp3) is 0.529. The highest BCUT2D eigenvalue weighted by Gasteiger charge is 2.51. The maximum absolute atomic E-state index is 12.3. The molecule has 0 spiro atoms. The molecule has 0 radical (unpaired) electrons. The van der Waals surface area contributed by atoms with E-state index in [-0.39, 0.29) is 11.9 Å². The first kappa shape index (κ1) is 18.2. The Kier molecular flexibility index (Phi) is 4.38. The van der Waals surface area contributed by atoms with Gasteiger partial charge in [-0.15, -0.1) is 0 Å². The van der Waals surface area contributed by atoms with Crippen LogP contribution in [0.3, 0.4) is 0 Å². The Bertz CT molecular complexity index is 721. The van der Waals surface area contributed by atoms with Crippen molar-refractivity contribution in [2.75, 3.05) is 18.0 Å². The van der Waals surface area contributed by atoms with Crippen LogP contribution in [0.2, 0.25) is 5.02 Å². The molecule has 1 aromatic carbocycles. The minimum atomic E-state index is -0.514. The van der Waals surface area contributed by atoms with E-state index in [0.29, 0.717) is 23.8 Å². The molecule has 134 valence electrons. The molecule has 6 nitrogen and oxygen atoms in total. The van der Waals surface area contributed by atoms with E-state index in [1.165, 1.54) is 16.7 Å². The summed E-state index contributed by atoms with van der Waals surface area (Å²) >= 11 is 6.41. The maximum atomic E-state index is 12.3. The standard InChI is InChI=1S/C17H22BClN2O4/c1-11(22)20-8-9-21(15(20)23)14-7-6-12(10-13(14)19)18-24-16(2,3)17(4,5)25-18/h6-7,10H,8-9H2,1-5H3. The summed E-state index contributed by atoms with van der Waals surface area (Å²) in [6.45, 7) is 10.1. The van der Waals surface area contributed by atoms with E-state index in [1.807, 2.05) is 33.8 Å². The summed E-state index contributed by atoms with van der Waals surface area (Å²) in [5.41, 5.74) is 0.504. The monoisotopic (exact) mass is 364 g/mol. The molecule has 2 fully saturated rings. The molecule has 0 atom stereocenters. The normalized spacial score (nSPS) is 22.0. The largest absolute Gasteiger partial charge is 0.494 e. The molecule has 2 heterocycles. The highest BCUT2D eigenvalue weighted by atomic mass is 35.5. The third kappa shape index (κ3) is 3.05. The number of carbonyl (C=O) groups excluding carboxylic acids is 2. The lowest BCUT2D eigenvalue weighted by Gasteiger charge is -2.32. The summed E-state index contributed by atoms with van der Waals surface area (Å²) < 4.78 is 12.1. The van der Waals surface area contributed by atoms with Crippen LogP contribution < -0.4 is 10.4 Å². The van der Waals surface area contributed by atoms with Gasteiger partial charge in [-0.1, -0.05) is 17.7 Å². The lowest BCUT2D eigenvalue weighted by molar-refractivity contribution is -0.125. The zero-order valence-corrected chi connectivity index (χ0v) is 15.9. The average molecular weight is 365 g/mol. The van der Waals surface area contributed by atoms with Crippen LogP contribution in [0.25, 0.3) is 0 Å². The van der Waals surface area contributed by atoms with Crippen molar-refractivity contribution in [3.63, 3.8) is 0 Å². The smallest absolute Gasteiger partial charge is 0.399 e. The van der Waals surface area contributed by atoms with E-state index in [2.05, 4.69) is 0 Å². The highest BCUT2D eigenvalue weighted by Crippen LogP contribution is 2.37. The molecule has 2 aliphatic rings. The maximum Gasteiger partial charge on any atom is 0.494 e. The lowest BCUT2D eigenvalue weighted by atomic mass is 9.79. The van der Waals surface area contributed by atoms with Crippen LogP contribution in [0, 0.1) is 0 Å². The minimum Gasteiger partial charge on any atom is -0.399 e. The molecule has 0 unspecified atom stereocenters. The molecule has 25 heavy (non-hydrogen) atoms. The Morgan fingerprint density at radius 2 is 1.76 bits per heavy atom. The molecule has 1 aromatic rings. The van der Waals surface area contributed by atoms with Crippen LogP contribution in [0.1, 0.15) is 34.6 Å². The summed E-state index contributed by atoms with van der Waals surface area (Å²) in [6, 6.07) is 5.01. The Hall–Kier alpha value is -1.57. The van der Waals surface area contributed by atoms with Crippen LogP contribution in [0.4, 0.5) is 10.5 Å². The second kappa shape index (κ2) is 6.00. The SMILES string of the molecule is CC(=O)N1CCN(c2ccc(B3OC(C)(C)C(C)(C)O3)cc2Cl)C1=O. The van der Waals surface area contributed by atoms with Crippen LogP contribution in [-0.2, 0) is 14.1 Å². The quantitative estimate of drug-likeness (QED) is 0.756. The van der Waals surface area contributed by atoms with Crippen LogP contribution in [0.15, 0.2) is 18.2 Å². The molecule has 2 saturated heterocycles. The van der Waals surface area contributed by atoms with Crippen molar-refractivity contribution < 1.29 is 18.9 Å².